The summed E-state index contributed by atoms with van der Waals surface area (Å²) in [4.78, 5) is 0. The summed E-state index contributed by atoms with van der Waals surface area (Å²) < 4.78 is 38.3. The van der Waals surface area contributed by atoms with E-state index in [0.717, 1.165) is 18.4 Å². The third-order valence-electron chi connectivity index (χ3n) is 4.50. The van der Waals surface area contributed by atoms with E-state index in [4.69, 9.17) is 0 Å². The van der Waals surface area contributed by atoms with Crippen molar-refractivity contribution in [2.24, 2.45) is 5.92 Å². The van der Waals surface area contributed by atoms with Gasteiger partial charge in [-0.1, -0.05) is 25.5 Å². The summed E-state index contributed by atoms with van der Waals surface area (Å²) in [5.41, 5.74) is 0.917. The van der Waals surface area contributed by atoms with Crippen LogP contribution in [0.15, 0.2) is 24.3 Å². The number of benzene rings is 1. The zero-order valence-electron chi connectivity index (χ0n) is 13.4. The lowest BCUT2D eigenvalue weighted by Crippen LogP contribution is -2.51. The first-order valence-corrected chi connectivity index (χ1v) is 9.62. The Balaban J connectivity index is 2.03. The van der Waals surface area contributed by atoms with E-state index in [1.54, 1.807) is 16.4 Å². The average Bonchev–Trinajstić information content (AvgIpc) is 2.46. The van der Waals surface area contributed by atoms with Gasteiger partial charge in [-0.15, -0.1) is 0 Å². The van der Waals surface area contributed by atoms with Gasteiger partial charge < -0.3 is 5.32 Å². The van der Waals surface area contributed by atoms with Crippen LogP contribution in [0.1, 0.15) is 38.3 Å². The molecule has 0 radical (unpaired) electrons. The summed E-state index contributed by atoms with van der Waals surface area (Å²) >= 11 is 0. The standard InChI is InChI=1S/C16H25FN2O2S/c1-4-13-11-19(22(3,20)21)9-8-16(13)18-12(2)14-6-5-7-15(17)10-14/h5-7,10,12-13,16,18H,4,8-9,11H2,1-3H3/t12-,13-,16+/m1/s1. The lowest BCUT2D eigenvalue weighted by Gasteiger charge is -2.38. The number of nitrogens with zero attached hydrogens (tertiary/aromatic N) is 1. The normalized spacial score (nSPS) is 25.1. The molecule has 0 bridgehead atoms. The molecular formula is C16H25FN2O2S. The molecule has 6 heteroatoms. The fourth-order valence-corrected chi connectivity index (χ4v) is 4.03. The summed E-state index contributed by atoms with van der Waals surface area (Å²) in [5.74, 6) is 0.0459. The highest BCUT2D eigenvalue weighted by Crippen LogP contribution is 2.25. The molecule has 0 aliphatic carbocycles. The monoisotopic (exact) mass is 328 g/mol. The molecular weight excluding hydrogens is 303 g/mol. The van der Waals surface area contributed by atoms with Crippen molar-refractivity contribution in [3.63, 3.8) is 0 Å². The molecule has 1 aliphatic rings. The fourth-order valence-electron chi connectivity index (χ4n) is 3.13. The van der Waals surface area contributed by atoms with Crippen LogP contribution < -0.4 is 5.32 Å². The van der Waals surface area contributed by atoms with Gasteiger partial charge in [-0.05, 0) is 37.0 Å². The van der Waals surface area contributed by atoms with Crippen molar-refractivity contribution in [3.05, 3.63) is 35.6 Å². The average molecular weight is 328 g/mol. The van der Waals surface area contributed by atoms with E-state index in [0.29, 0.717) is 13.1 Å². The molecule has 4 nitrogen and oxygen atoms in total. The molecule has 0 amide bonds. The Kier molecular flexibility index (Phi) is 5.58. The molecule has 1 aliphatic heterocycles. The topological polar surface area (TPSA) is 49.4 Å². The third kappa shape index (κ3) is 4.27. The van der Waals surface area contributed by atoms with Gasteiger partial charge in [0.1, 0.15) is 5.82 Å². The SMILES string of the molecule is CC[C@@H]1CN(S(C)(=O)=O)CC[C@@H]1N[C@H](C)c1cccc(F)c1. The predicted octanol–water partition coefficient (Wildman–Crippen LogP) is 2.54. The lowest BCUT2D eigenvalue weighted by atomic mass is 9.90. The molecule has 1 fully saturated rings. The Labute approximate surface area is 132 Å². The van der Waals surface area contributed by atoms with E-state index in [-0.39, 0.29) is 23.8 Å². The van der Waals surface area contributed by atoms with Gasteiger partial charge in [-0.2, -0.15) is 0 Å². The van der Waals surface area contributed by atoms with Gasteiger partial charge in [0.2, 0.25) is 10.0 Å². The quantitative estimate of drug-likeness (QED) is 0.904. The Morgan fingerprint density at radius 2 is 2.18 bits per heavy atom. The highest BCUT2D eigenvalue weighted by molar-refractivity contribution is 7.88. The van der Waals surface area contributed by atoms with Gasteiger partial charge in [0.25, 0.3) is 0 Å². The van der Waals surface area contributed by atoms with Crippen molar-refractivity contribution in [2.45, 2.75) is 38.8 Å². The first-order chi connectivity index (χ1) is 10.3. The minimum Gasteiger partial charge on any atom is -0.307 e. The molecule has 1 aromatic carbocycles. The number of rotatable bonds is 5. The predicted molar refractivity (Wildman–Crippen MR) is 86.6 cm³/mol. The number of sulfonamides is 1. The number of hydrogen-bond donors (Lipinski definition) is 1. The second kappa shape index (κ2) is 7.06. The highest BCUT2D eigenvalue weighted by atomic mass is 32.2. The molecule has 1 heterocycles. The van der Waals surface area contributed by atoms with Crippen LogP contribution in [-0.2, 0) is 10.0 Å². The Hall–Kier alpha value is -0.980. The van der Waals surface area contributed by atoms with Gasteiger partial charge in [0.05, 0.1) is 6.26 Å². The lowest BCUT2D eigenvalue weighted by molar-refractivity contribution is 0.193. The van der Waals surface area contributed by atoms with Gasteiger partial charge in [-0.3, -0.25) is 0 Å². The van der Waals surface area contributed by atoms with Crippen molar-refractivity contribution >= 4 is 10.0 Å². The van der Waals surface area contributed by atoms with Crippen LogP contribution in [0.5, 0.6) is 0 Å². The van der Waals surface area contributed by atoms with Crippen LogP contribution in [0.2, 0.25) is 0 Å². The van der Waals surface area contributed by atoms with E-state index in [2.05, 4.69) is 12.2 Å². The van der Waals surface area contributed by atoms with Crippen molar-refractivity contribution in [1.29, 1.82) is 0 Å². The van der Waals surface area contributed by atoms with E-state index >= 15 is 0 Å². The number of nitrogens with one attached hydrogen (secondary N) is 1. The number of piperidine rings is 1. The minimum atomic E-state index is -3.12. The fraction of sp³-hybridized carbons (Fsp3) is 0.625. The maximum atomic E-state index is 13.3. The van der Waals surface area contributed by atoms with E-state index in [1.165, 1.54) is 12.3 Å². The van der Waals surface area contributed by atoms with Crippen molar-refractivity contribution in [1.82, 2.24) is 9.62 Å². The molecule has 124 valence electrons. The molecule has 0 aromatic heterocycles. The van der Waals surface area contributed by atoms with Gasteiger partial charge in [0.15, 0.2) is 0 Å². The molecule has 0 saturated carbocycles. The molecule has 3 atom stereocenters. The summed E-state index contributed by atoms with van der Waals surface area (Å²) in [6.07, 6.45) is 2.97. The number of hydrogen-bond acceptors (Lipinski definition) is 3. The summed E-state index contributed by atoms with van der Waals surface area (Å²) in [5, 5.41) is 3.55. The first kappa shape index (κ1) is 17.4. The second-order valence-electron chi connectivity index (χ2n) is 6.13. The second-order valence-corrected chi connectivity index (χ2v) is 8.11. The van der Waals surface area contributed by atoms with Crippen LogP contribution in [0.4, 0.5) is 4.39 Å². The summed E-state index contributed by atoms with van der Waals surface area (Å²) in [6, 6.07) is 6.90. The third-order valence-corrected chi connectivity index (χ3v) is 5.77. The van der Waals surface area contributed by atoms with Gasteiger partial charge in [-0.25, -0.2) is 17.1 Å². The highest BCUT2D eigenvalue weighted by Gasteiger charge is 2.32. The molecule has 1 aromatic rings. The van der Waals surface area contributed by atoms with Crippen LogP contribution in [0.25, 0.3) is 0 Å². The largest absolute Gasteiger partial charge is 0.307 e. The zero-order chi connectivity index (χ0) is 16.3. The van der Waals surface area contributed by atoms with Crippen LogP contribution in [-0.4, -0.2) is 38.1 Å². The van der Waals surface area contributed by atoms with E-state index in [1.807, 2.05) is 13.0 Å². The van der Waals surface area contributed by atoms with Crippen LogP contribution in [0, 0.1) is 11.7 Å². The Morgan fingerprint density at radius 1 is 1.45 bits per heavy atom. The van der Waals surface area contributed by atoms with Gasteiger partial charge >= 0.3 is 0 Å². The molecule has 0 spiro atoms. The van der Waals surface area contributed by atoms with E-state index in [9.17, 15) is 12.8 Å². The Bertz CT molecular complexity index is 606. The van der Waals surface area contributed by atoms with Crippen molar-refractivity contribution in [3.8, 4) is 0 Å². The minimum absolute atomic E-state index is 0.0412. The van der Waals surface area contributed by atoms with Crippen molar-refractivity contribution < 1.29 is 12.8 Å². The smallest absolute Gasteiger partial charge is 0.211 e. The van der Waals surface area contributed by atoms with Crippen LogP contribution >= 0.6 is 0 Å². The first-order valence-electron chi connectivity index (χ1n) is 7.78. The zero-order valence-corrected chi connectivity index (χ0v) is 14.2. The molecule has 1 N–H and O–H groups in total. The maximum absolute atomic E-state index is 13.3. The maximum Gasteiger partial charge on any atom is 0.211 e. The summed E-state index contributed by atoms with van der Waals surface area (Å²) in [6.45, 7) is 5.20. The Morgan fingerprint density at radius 3 is 2.77 bits per heavy atom. The summed E-state index contributed by atoms with van der Waals surface area (Å²) in [7, 11) is -3.12. The number of halogens is 1. The van der Waals surface area contributed by atoms with E-state index < -0.39 is 10.0 Å². The van der Waals surface area contributed by atoms with Crippen molar-refractivity contribution in [2.75, 3.05) is 19.3 Å². The molecule has 1 saturated heterocycles. The molecule has 0 unspecified atom stereocenters. The van der Waals surface area contributed by atoms with Crippen LogP contribution in [0.3, 0.4) is 0 Å². The molecule has 2 rings (SSSR count). The van der Waals surface area contributed by atoms with Gasteiger partial charge in [0, 0.05) is 25.2 Å². The molecule has 22 heavy (non-hydrogen) atoms.